The van der Waals surface area contributed by atoms with Crippen molar-refractivity contribution in [3.05, 3.63) is 25.3 Å². The minimum absolute atomic E-state index is 0.195. The van der Waals surface area contributed by atoms with Gasteiger partial charge in [-0.15, -0.1) is 0 Å². The van der Waals surface area contributed by atoms with Crippen LogP contribution in [0.15, 0.2) is 14.1 Å². The fourth-order valence-electron chi connectivity index (χ4n) is 2.02. The smallest absolute Gasteiger partial charge is 0.327 e. The lowest BCUT2D eigenvalue weighted by molar-refractivity contribution is 0.202. The SMILES string of the molecule is O=c1[nH]c(N2CCC(CO)CC2)c(Br)c(=O)[nH]1. The Morgan fingerprint density at radius 1 is 1.29 bits per heavy atom. The molecule has 0 aliphatic carbocycles. The summed E-state index contributed by atoms with van der Waals surface area (Å²) >= 11 is 3.18. The van der Waals surface area contributed by atoms with Crippen molar-refractivity contribution in [2.24, 2.45) is 5.92 Å². The number of nitrogens with one attached hydrogen (secondary N) is 2. The van der Waals surface area contributed by atoms with E-state index in [2.05, 4.69) is 25.9 Å². The third-order valence-electron chi connectivity index (χ3n) is 3.06. The monoisotopic (exact) mass is 303 g/mol. The van der Waals surface area contributed by atoms with Crippen LogP contribution in [-0.4, -0.2) is 34.8 Å². The van der Waals surface area contributed by atoms with Crippen molar-refractivity contribution in [3.63, 3.8) is 0 Å². The Kier molecular flexibility index (Phi) is 3.68. The van der Waals surface area contributed by atoms with Crippen molar-refractivity contribution in [3.8, 4) is 0 Å². The topological polar surface area (TPSA) is 89.2 Å². The van der Waals surface area contributed by atoms with Gasteiger partial charge < -0.3 is 10.0 Å². The van der Waals surface area contributed by atoms with E-state index in [4.69, 9.17) is 5.11 Å². The summed E-state index contributed by atoms with van der Waals surface area (Å²) in [5, 5.41) is 9.05. The molecule has 2 rings (SSSR count). The highest BCUT2D eigenvalue weighted by atomic mass is 79.9. The molecular weight excluding hydrogens is 290 g/mol. The van der Waals surface area contributed by atoms with Crippen LogP contribution in [0.2, 0.25) is 0 Å². The van der Waals surface area contributed by atoms with E-state index >= 15 is 0 Å². The third-order valence-corrected chi connectivity index (χ3v) is 3.79. The summed E-state index contributed by atoms with van der Waals surface area (Å²) in [5.74, 6) is 0.842. The first kappa shape index (κ1) is 12.4. The van der Waals surface area contributed by atoms with Gasteiger partial charge in [-0.3, -0.25) is 14.8 Å². The molecule has 1 aromatic rings. The Hall–Kier alpha value is -1.08. The van der Waals surface area contributed by atoms with Crippen LogP contribution < -0.4 is 16.1 Å². The molecule has 17 heavy (non-hydrogen) atoms. The molecule has 3 N–H and O–H groups in total. The molecule has 0 atom stereocenters. The number of anilines is 1. The fourth-order valence-corrected chi connectivity index (χ4v) is 2.47. The van der Waals surface area contributed by atoms with Gasteiger partial charge in [-0.25, -0.2) is 4.79 Å². The second kappa shape index (κ2) is 5.05. The molecule has 1 aliphatic rings. The molecule has 0 aromatic carbocycles. The first-order valence-electron chi connectivity index (χ1n) is 5.49. The summed E-state index contributed by atoms with van der Waals surface area (Å²) in [6.45, 7) is 1.65. The number of aliphatic hydroxyl groups is 1. The zero-order valence-corrected chi connectivity index (χ0v) is 10.8. The summed E-state index contributed by atoms with van der Waals surface area (Å²) in [5.41, 5.74) is -0.925. The third kappa shape index (κ3) is 2.61. The molecule has 0 spiro atoms. The quantitative estimate of drug-likeness (QED) is 0.719. The fraction of sp³-hybridized carbons (Fsp3) is 0.600. The average Bonchev–Trinajstić information content (AvgIpc) is 2.34. The van der Waals surface area contributed by atoms with Gasteiger partial charge in [-0.1, -0.05) is 0 Å². The highest BCUT2D eigenvalue weighted by Crippen LogP contribution is 2.24. The van der Waals surface area contributed by atoms with Gasteiger partial charge in [0, 0.05) is 19.7 Å². The van der Waals surface area contributed by atoms with Crippen LogP contribution in [0, 0.1) is 5.92 Å². The predicted molar refractivity (Wildman–Crippen MR) is 67.4 cm³/mol. The average molecular weight is 304 g/mol. The highest BCUT2D eigenvalue weighted by molar-refractivity contribution is 9.10. The van der Waals surface area contributed by atoms with Crippen molar-refractivity contribution in [1.82, 2.24) is 9.97 Å². The van der Waals surface area contributed by atoms with Gasteiger partial charge >= 0.3 is 5.69 Å². The zero-order chi connectivity index (χ0) is 12.4. The van der Waals surface area contributed by atoms with Gasteiger partial charge in [0.2, 0.25) is 0 Å². The Balaban J connectivity index is 2.24. The molecule has 2 heterocycles. The zero-order valence-electron chi connectivity index (χ0n) is 9.20. The van der Waals surface area contributed by atoms with Crippen molar-refractivity contribution in [2.45, 2.75) is 12.8 Å². The van der Waals surface area contributed by atoms with Crippen LogP contribution in [0.1, 0.15) is 12.8 Å². The van der Waals surface area contributed by atoms with E-state index in [0.29, 0.717) is 16.2 Å². The largest absolute Gasteiger partial charge is 0.396 e. The Morgan fingerprint density at radius 2 is 1.94 bits per heavy atom. The Labute approximate surface area is 106 Å². The number of aromatic amines is 2. The number of rotatable bonds is 2. The Morgan fingerprint density at radius 3 is 2.53 bits per heavy atom. The van der Waals surface area contributed by atoms with E-state index in [1.165, 1.54) is 0 Å². The number of hydrogen-bond donors (Lipinski definition) is 3. The number of H-pyrrole nitrogens is 2. The molecule has 0 unspecified atom stereocenters. The van der Waals surface area contributed by atoms with Crippen LogP contribution >= 0.6 is 15.9 Å². The maximum absolute atomic E-state index is 11.4. The lowest BCUT2D eigenvalue weighted by atomic mass is 9.98. The van der Waals surface area contributed by atoms with E-state index in [9.17, 15) is 9.59 Å². The second-order valence-electron chi connectivity index (χ2n) is 4.18. The molecule has 1 fully saturated rings. The normalized spacial score (nSPS) is 17.4. The van der Waals surface area contributed by atoms with Gasteiger partial charge in [0.25, 0.3) is 5.56 Å². The van der Waals surface area contributed by atoms with Gasteiger partial charge in [0.1, 0.15) is 10.3 Å². The standard InChI is InChI=1S/C10H14BrN3O3/c11-7-8(12-10(17)13-9(7)16)14-3-1-6(5-15)2-4-14/h6,15H,1-5H2,(H2,12,13,16,17). The number of aliphatic hydroxyl groups excluding tert-OH is 1. The molecular formula is C10H14BrN3O3. The maximum atomic E-state index is 11.4. The molecule has 94 valence electrons. The van der Waals surface area contributed by atoms with Gasteiger partial charge in [0.05, 0.1) is 0 Å². The molecule has 1 aliphatic heterocycles. The van der Waals surface area contributed by atoms with Crippen LogP contribution in [0.4, 0.5) is 5.82 Å². The van der Waals surface area contributed by atoms with E-state index in [1.54, 1.807) is 0 Å². The first-order chi connectivity index (χ1) is 8.11. The first-order valence-corrected chi connectivity index (χ1v) is 6.29. The summed E-state index contributed by atoms with van der Waals surface area (Å²) in [6.07, 6.45) is 1.72. The molecule has 0 saturated carbocycles. The number of halogens is 1. The van der Waals surface area contributed by atoms with Crippen molar-refractivity contribution in [1.29, 1.82) is 0 Å². The van der Waals surface area contributed by atoms with E-state index in [1.807, 2.05) is 4.90 Å². The number of nitrogens with zero attached hydrogens (tertiary/aromatic N) is 1. The second-order valence-corrected chi connectivity index (χ2v) is 4.98. The summed E-state index contributed by atoms with van der Waals surface area (Å²) < 4.78 is 0.347. The molecule has 7 heteroatoms. The van der Waals surface area contributed by atoms with Crippen LogP contribution in [0.5, 0.6) is 0 Å². The van der Waals surface area contributed by atoms with Gasteiger partial charge in [0.15, 0.2) is 0 Å². The number of aromatic nitrogens is 2. The van der Waals surface area contributed by atoms with Crippen molar-refractivity contribution >= 4 is 21.7 Å². The lowest BCUT2D eigenvalue weighted by Gasteiger charge is -2.32. The van der Waals surface area contributed by atoms with Crippen molar-refractivity contribution < 1.29 is 5.11 Å². The van der Waals surface area contributed by atoms with Crippen molar-refractivity contribution in [2.75, 3.05) is 24.6 Å². The van der Waals surface area contributed by atoms with Crippen LogP contribution in [-0.2, 0) is 0 Å². The number of hydrogen-bond acceptors (Lipinski definition) is 4. The summed E-state index contributed by atoms with van der Waals surface area (Å²) in [7, 11) is 0. The number of piperidine rings is 1. The van der Waals surface area contributed by atoms with Crippen LogP contribution in [0.25, 0.3) is 0 Å². The summed E-state index contributed by atoms with van der Waals surface area (Å²) in [4.78, 5) is 29.4. The maximum Gasteiger partial charge on any atom is 0.327 e. The molecule has 1 aromatic heterocycles. The van der Waals surface area contributed by atoms with E-state index in [-0.39, 0.29) is 6.61 Å². The molecule has 6 nitrogen and oxygen atoms in total. The summed E-state index contributed by atoms with van der Waals surface area (Å²) in [6, 6.07) is 0. The van der Waals surface area contributed by atoms with E-state index < -0.39 is 11.2 Å². The molecule has 0 amide bonds. The van der Waals surface area contributed by atoms with Gasteiger partial charge in [-0.2, -0.15) is 0 Å². The lowest BCUT2D eigenvalue weighted by Crippen LogP contribution is -2.38. The molecule has 1 saturated heterocycles. The van der Waals surface area contributed by atoms with Crippen LogP contribution in [0.3, 0.4) is 0 Å². The molecule has 0 radical (unpaired) electrons. The predicted octanol–water partition coefficient (Wildman–Crippen LogP) is 0.0344. The highest BCUT2D eigenvalue weighted by Gasteiger charge is 2.21. The van der Waals surface area contributed by atoms with E-state index in [0.717, 1.165) is 25.9 Å². The Bertz CT molecular complexity index is 502. The minimum Gasteiger partial charge on any atom is -0.396 e. The minimum atomic E-state index is -0.502. The molecule has 0 bridgehead atoms. The van der Waals surface area contributed by atoms with Gasteiger partial charge in [-0.05, 0) is 34.7 Å².